The van der Waals surface area contributed by atoms with Gasteiger partial charge in [-0.1, -0.05) is 36.4 Å². The molecule has 4 rings (SSSR count). The lowest BCUT2D eigenvalue weighted by Gasteiger charge is -2.38. The summed E-state index contributed by atoms with van der Waals surface area (Å²) in [4.78, 5) is 32.3. The topological polar surface area (TPSA) is 43.9 Å². The average molecular weight is 436 g/mol. The lowest BCUT2D eigenvalue weighted by atomic mass is 9.93. The van der Waals surface area contributed by atoms with Crippen LogP contribution in [0.15, 0.2) is 42.5 Å². The van der Waals surface area contributed by atoms with Crippen molar-refractivity contribution in [3.05, 3.63) is 48.0 Å². The smallest absolute Gasteiger partial charge is 0.226 e. The highest BCUT2D eigenvalue weighted by molar-refractivity contribution is 5.83. The number of benzene rings is 2. The molecule has 5 nitrogen and oxygen atoms in total. The maximum atomic E-state index is 12.9. The van der Waals surface area contributed by atoms with Crippen molar-refractivity contribution < 1.29 is 9.59 Å². The van der Waals surface area contributed by atoms with Gasteiger partial charge in [0.1, 0.15) is 0 Å². The fourth-order valence-electron chi connectivity index (χ4n) is 5.45. The highest BCUT2D eigenvalue weighted by Crippen LogP contribution is 2.26. The fraction of sp³-hybridized carbons (Fsp3) is 0.556. The van der Waals surface area contributed by atoms with Gasteiger partial charge in [0, 0.05) is 45.2 Å². The summed E-state index contributed by atoms with van der Waals surface area (Å²) in [5.74, 6) is 0.673. The van der Waals surface area contributed by atoms with Crippen LogP contribution in [0.3, 0.4) is 0 Å². The Bertz CT molecular complexity index is 939. The summed E-state index contributed by atoms with van der Waals surface area (Å²) in [5.41, 5.74) is 1.19. The van der Waals surface area contributed by atoms with E-state index < -0.39 is 0 Å². The van der Waals surface area contributed by atoms with E-state index in [0.717, 1.165) is 58.4 Å². The van der Waals surface area contributed by atoms with Crippen LogP contribution in [-0.2, 0) is 16.1 Å². The second-order valence-corrected chi connectivity index (χ2v) is 9.32. The molecule has 2 fully saturated rings. The summed E-state index contributed by atoms with van der Waals surface area (Å²) in [6.45, 7) is 9.05. The lowest BCUT2D eigenvalue weighted by Crippen LogP contribution is -2.48. The van der Waals surface area contributed by atoms with Crippen molar-refractivity contribution in [2.45, 2.75) is 58.5 Å². The first kappa shape index (κ1) is 22.8. The second-order valence-electron chi connectivity index (χ2n) is 9.32. The highest BCUT2D eigenvalue weighted by atomic mass is 16.2. The van der Waals surface area contributed by atoms with Gasteiger partial charge in [-0.3, -0.25) is 14.5 Å². The molecule has 0 saturated carbocycles. The number of fused-ring (bicyclic) bond motifs is 1. The van der Waals surface area contributed by atoms with E-state index in [-0.39, 0.29) is 11.8 Å². The zero-order chi connectivity index (χ0) is 22.5. The minimum atomic E-state index is 0.108. The van der Waals surface area contributed by atoms with E-state index in [1.54, 1.807) is 0 Å². The number of carbonyl (C=O) groups is 2. The van der Waals surface area contributed by atoms with Gasteiger partial charge in [-0.05, 0) is 68.5 Å². The Morgan fingerprint density at radius 2 is 1.78 bits per heavy atom. The summed E-state index contributed by atoms with van der Waals surface area (Å²) < 4.78 is 0. The van der Waals surface area contributed by atoms with Gasteiger partial charge in [-0.15, -0.1) is 0 Å². The molecule has 0 N–H and O–H groups in total. The predicted molar refractivity (Wildman–Crippen MR) is 129 cm³/mol. The number of hydrogen-bond acceptors (Lipinski definition) is 3. The van der Waals surface area contributed by atoms with Crippen LogP contribution in [-0.4, -0.2) is 65.3 Å². The van der Waals surface area contributed by atoms with Gasteiger partial charge in [0.15, 0.2) is 0 Å². The molecule has 2 aliphatic rings. The third-order valence-electron chi connectivity index (χ3n) is 7.36. The maximum absolute atomic E-state index is 12.9. The van der Waals surface area contributed by atoms with E-state index in [2.05, 4.69) is 61.2 Å². The summed E-state index contributed by atoms with van der Waals surface area (Å²) in [6, 6.07) is 15.3. The SMILES string of the molecule is CCN(CC)C(=O)[C@@H]1CCCN([C@H]2CCC(=O)N(Cc3ccc4ccccc4c3)CC2)C1. The van der Waals surface area contributed by atoms with Gasteiger partial charge in [-0.25, -0.2) is 0 Å². The van der Waals surface area contributed by atoms with E-state index in [1.165, 1.54) is 16.3 Å². The number of carbonyl (C=O) groups excluding carboxylic acids is 2. The summed E-state index contributed by atoms with van der Waals surface area (Å²) in [5, 5.41) is 2.46. The van der Waals surface area contributed by atoms with Crippen LogP contribution in [0.2, 0.25) is 0 Å². The molecule has 0 spiro atoms. The monoisotopic (exact) mass is 435 g/mol. The van der Waals surface area contributed by atoms with E-state index in [1.807, 2.05) is 9.80 Å². The molecule has 2 aliphatic heterocycles. The number of piperidine rings is 1. The third-order valence-corrected chi connectivity index (χ3v) is 7.36. The number of rotatable bonds is 6. The Kier molecular flexibility index (Phi) is 7.46. The van der Waals surface area contributed by atoms with Gasteiger partial charge in [-0.2, -0.15) is 0 Å². The third kappa shape index (κ3) is 5.15. The number of hydrogen-bond donors (Lipinski definition) is 0. The second kappa shape index (κ2) is 10.5. The number of likely N-dealkylation sites (tertiary alicyclic amines) is 2. The zero-order valence-corrected chi connectivity index (χ0v) is 19.6. The molecule has 172 valence electrons. The summed E-state index contributed by atoms with van der Waals surface area (Å²) in [6.07, 6.45) is 4.56. The molecule has 0 bridgehead atoms. The van der Waals surface area contributed by atoms with Crippen molar-refractivity contribution in [2.75, 3.05) is 32.7 Å². The molecule has 0 aliphatic carbocycles. The minimum Gasteiger partial charge on any atom is -0.343 e. The van der Waals surface area contributed by atoms with Gasteiger partial charge in [0.05, 0.1) is 5.92 Å². The molecule has 2 aromatic carbocycles. The minimum absolute atomic E-state index is 0.108. The molecule has 2 heterocycles. The van der Waals surface area contributed by atoms with Crippen LogP contribution < -0.4 is 0 Å². The molecular weight excluding hydrogens is 398 g/mol. The van der Waals surface area contributed by atoms with Crippen molar-refractivity contribution >= 4 is 22.6 Å². The largest absolute Gasteiger partial charge is 0.343 e. The molecule has 2 atom stereocenters. The first-order valence-electron chi connectivity index (χ1n) is 12.4. The van der Waals surface area contributed by atoms with E-state index in [4.69, 9.17) is 0 Å². The molecular formula is C27H37N3O2. The lowest BCUT2D eigenvalue weighted by molar-refractivity contribution is -0.137. The van der Waals surface area contributed by atoms with Crippen LogP contribution >= 0.6 is 0 Å². The normalized spacial score (nSPS) is 22.7. The van der Waals surface area contributed by atoms with Crippen LogP contribution in [0.25, 0.3) is 10.8 Å². The Balaban J connectivity index is 1.38. The van der Waals surface area contributed by atoms with Gasteiger partial charge in [0.25, 0.3) is 0 Å². The van der Waals surface area contributed by atoms with Crippen LogP contribution in [0, 0.1) is 5.92 Å². The van der Waals surface area contributed by atoms with Crippen molar-refractivity contribution in [1.29, 1.82) is 0 Å². The van der Waals surface area contributed by atoms with Gasteiger partial charge >= 0.3 is 0 Å². The number of amides is 2. The molecule has 2 aromatic rings. The fourth-order valence-corrected chi connectivity index (χ4v) is 5.45. The zero-order valence-electron chi connectivity index (χ0n) is 19.6. The van der Waals surface area contributed by atoms with E-state index in [0.29, 0.717) is 24.9 Å². The molecule has 0 unspecified atom stereocenters. The summed E-state index contributed by atoms with van der Waals surface area (Å²) in [7, 11) is 0. The summed E-state index contributed by atoms with van der Waals surface area (Å²) >= 11 is 0. The molecule has 2 amide bonds. The Labute approximate surface area is 192 Å². The van der Waals surface area contributed by atoms with Crippen molar-refractivity contribution in [2.24, 2.45) is 5.92 Å². The standard InChI is InChI=1S/C27H37N3O2/c1-3-28(4-2)27(32)24-10-7-16-29(20-24)25-13-14-26(31)30(17-15-25)19-21-11-12-22-8-5-6-9-23(22)18-21/h5-6,8-9,11-12,18,24-25H,3-4,7,10,13-17,19-20H2,1-2H3/t24-,25+/m1/s1. The van der Waals surface area contributed by atoms with E-state index in [9.17, 15) is 9.59 Å². The molecule has 0 aromatic heterocycles. The highest BCUT2D eigenvalue weighted by Gasteiger charge is 2.33. The first-order valence-corrected chi connectivity index (χ1v) is 12.4. The Morgan fingerprint density at radius 1 is 1.00 bits per heavy atom. The van der Waals surface area contributed by atoms with Crippen molar-refractivity contribution in [1.82, 2.24) is 14.7 Å². The van der Waals surface area contributed by atoms with Crippen LogP contribution in [0.5, 0.6) is 0 Å². The molecule has 32 heavy (non-hydrogen) atoms. The Hall–Kier alpha value is -2.40. The predicted octanol–water partition coefficient (Wildman–Crippen LogP) is 4.30. The number of nitrogens with zero attached hydrogens (tertiary/aromatic N) is 3. The average Bonchev–Trinajstić information content (AvgIpc) is 3.01. The molecule has 5 heteroatoms. The van der Waals surface area contributed by atoms with Crippen molar-refractivity contribution in [3.8, 4) is 0 Å². The van der Waals surface area contributed by atoms with Gasteiger partial charge < -0.3 is 9.80 Å². The Morgan fingerprint density at radius 3 is 2.56 bits per heavy atom. The van der Waals surface area contributed by atoms with Gasteiger partial charge in [0.2, 0.25) is 11.8 Å². The first-order chi connectivity index (χ1) is 15.6. The van der Waals surface area contributed by atoms with Crippen molar-refractivity contribution in [3.63, 3.8) is 0 Å². The molecule has 2 saturated heterocycles. The molecule has 0 radical (unpaired) electrons. The van der Waals surface area contributed by atoms with Crippen LogP contribution in [0.1, 0.15) is 51.5 Å². The quantitative estimate of drug-likeness (QED) is 0.679. The van der Waals surface area contributed by atoms with E-state index >= 15 is 0 Å². The maximum Gasteiger partial charge on any atom is 0.226 e. The van der Waals surface area contributed by atoms with Crippen LogP contribution in [0.4, 0.5) is 0 Å².